The number of aromatic nitrogens is 1. The number of aryl methyl sites for hydroxylation is 2. The molecule has 0 atom stereocenters. The zero-order valence-corrected chi connectivity index (χ0v) is 22.7. The second-order valence-corrected chi connectivity index (χ2v) is 10.0. The Morgan fingerprint density at radius 3 is 2.50 bits per heavy atom. The summed E-state index contributed by atoms with van der Waals surface area (Å²) in [5.41, 5.74) is 5.82. The maximum atomic E-state index is 9.09. The Balaban J connectivity index is 0.00000107. The van der Waals surface area contributed by atoms with Crippen molar-refractivity contribution in [3.8, 4) is 11.8 Å². The van der Waals surface area contributed by atoms with Crippen molar-refractivity contribution >= 4 is 11.0 Å². The summed E-state index contributed by atoms with van der Waals surface area (Å²) in [5, 5.41) is 17.3. The first-order valence-corrected chi connectivity index (χ1v) is 13.5. The molecule has 0 amide bonds. The van der Waals surface area contributed by atoms with Gasteiger partial charge >= 0.3 is 0 Å². The largest absolute Gasteiger partial charge is 0.488 e. The monoisotopic (exact) mass is 510 g/mol. The third-order valence-electron chi connectivity index (χ3n) is 7.11. The van der Waals surface area contributed by atoms with E-state index in [1.54, 1.807) is 6.07 Å². The number of benzene rings is 3. The molecule has 1 N–H and O–H groups in total. The Hall–Kier alpha value is -3.66. The van der Waals surface area contributed by atoms with Gasteiger partial charge in [-0.3, -0.25) is 4.90 Å². The number of hydrogen-bond acceptors (Lipinski definition) is 6. The number of nitriles is 1. The molecule has 0 aliphatic carbocycles. The van der Waals surface area contributed by atoms with E-state index in [0.717, 1.165) is 71.9 Å². The first-order valence-electron chi connectivity index (χ1n) is 13.5. The molecule has 6 nitrogen and oxygen atoms in total. The van der Waals surface area contributed by atoms with E-state index in [4.69, 9.17) is 14.5 Å². The average Bonchev–Trinajstić information content (AvgIpc) is 3.37. The number of nitrogens with zero attached hydrogens (tertiary/aromatic N) is 3. The van der Waals surface area contributed by atoms with E-state index in [2.05, 4.69) is 57.8 Å². The van der Waals surface area contributed by atoms with Crippen LogP contribution in [0.5, 0.6) is 5.75 Å². The van der Waals surface area contributed by atoms with E-state index >= 15 is 0 Å². The second-order valence-electron chi connectivity index (χ2n) is 10.0. The molecule has 0 bridgehead atoms. The van der Waals surface area contributed by atoms with Crippen LogP contribution >= 0.6 is 0 Å². The summed E-state index contributed by atoms with van der Waals surface area (Å²) in [6.07, 6.45) is 4.57. The standard InChI is InChI=1S/C30H31N3O2.C2H7N/c1-22-29(34-21-26-9-5-8-25(18-26)19-31)13-11-27-28(32-35-30(22)27)12-10-23-14-16-33(17-15-23)20-24-6-3-2-4-7-24;1-3-2/h2-9,11,13,18,23H,10,12,14-17,20-21H2,1H3;3H,1-2H3. The summed E-state index contributed by atoms with van der Waals surface area (Å²) in [7, 11) is 3.75. The molecule has 2 heterocycles. The SMILES string of the molecule is CNC.Cc1c(OCc2cccc(C#N)c2)ccc2c(CCC3CCN(Cc4ccccc4)CC3)noc12. The van der Waals surface area contributed by atoms with Gasteiger partial charge in [0.05, 0.1) is 17.3 Å². The smallest absolute Gasteiger partial charge is 0.173 e. The fourth-order valence-corrected chi connectivity index (χ4v) is 5.01. The zero-order chi connectivity index (χ0) is 26.7. The Bertz CT molecular complexity index is 1330. The molecule has 1 fully saturated rings. The van der Waals surface area contributed by atoms with E-state index in [-0.39, 0.29) is 0 Å². The van der Waals surface area contributed by atoms with Crippen LogP contribution < -0.4 is 10.1 Å². The number of nitrogens with one attached hydrogen (secondary N) is 1. The van der Waals surface area contributed by atoms with Gasteiger partial charge in [0.25, 0.3) is 0 Å². The summed E-state index contributed by atoms with van der Waals surface area (Å²) in [4.78, 5) is 2.57. The molecule has 1 aliphatic rings. The highest BCUT2D eigenvalue weighted by atomic mass is 16.5. The van der Waals surface area contributed by atoms with Gasteiger partial charge in [0.1, 0.15) is 12.4 Å². The van der Waals surface area contributed by atoms with Crippen molar-refractivity contribution in [2.45, 2.75) is 45.8 Å². The number of likely N-dealkylation sites (tertiary alicyclic amines) is 1. The van der Waals surface area contributed by atoms with Gasteiger partial charge in [-0.2, -0.15) is 5.26 Å². The van der Waals surface area contributed by atoms with Crippen molar-refractivity contribution in [1.29, 1.82) is 5.26 Å². The molecular weight excluding hydrogens is 472 g/mol. The van der Waals surface area contributed by atoms with Crippen molar-refractivity contribution in [2.75, 3.05) is 27.2 Å². The van der Waals surface area contributed by atoms with Crippen molar-refractivity contribution in [2.24, 2.45) is 5.92 Å². The molecule has 1 saturated heterocycles. The maximum absolute atomic E-state index is 9.09. The minimum atomic E-state index is 0.409. The van der Waals surface area contributed by atoms with E-state index in [1.165, 1.54) is 18.4 Å². The second kappa shape index (κ2) is 13.8. The van der Waals surface area contributed by atoms with Crippen LogP contribution in [0.2, 0.25) is 0 Å². The summed E-state index contributed by atoms with van der Waals surface area (Å²) in [6.45, 7) is 5.80. The highest BCUT2D eigenvalue weighted by molar-refractivity contribution is 5.84. The summed E-state index contributed by atoms with van der Waals surface area (Å²) >= 11 is 0. The molecular formula is C32H38N4O2. The number of hydrogen-bond donors (Lipinski definition) is 1. The molecule has 1 aromatic heterocycles. The molecule has 0 unspecified atom stereocenters. The lowest BCUT2D eigenvalue weighted by atomic mass is 9.91. The van der Waals surface area contributed by atoms with Gasteiger partial charge < -0.3 is 14.6 Å². The predicted octanol–water partition coefficient (Wildman–Crippen LogP) is 6.27. The molecule has 4 aromatic rings. The van der Waals surface area contributed by atoms with Crippen LogP contribution in [0.25, 0.3) is 11.0 Å². The molecule has 1 aliphatic heterocycles. The fraction of sp³-hybridized carbons (Fsp3) is 0.375. The van der Waals surface area contributed by atoms with Gasteiger partial charge in [-0.15, -0.1) is 0 Å². The Morgan fingerprint density at radius 1 is 1.03 bits per heavy atom. The number of rotatable bonds is 8. The molecule has 0 saturated carbocycles. The van der Waals surface area contributed by atoms with Crippen LogP contribution in [0, 0.1) is 24.2 Å². The number of ether oxygens (including phenoxy) is 1. The Kier molecular flexibility index (Phi) is 9.91. The minimum Gasteiger partial charge on any atom is -0.488 e. The third-order valence-corrected chi connectivity index (χ3v) is 7.11. The summed E-state index contributed by atoms with van der Waals surface area (Å²) < 4.78 is 11.8. The lowest BCUT2D eigenvalue weighted by Crippen LogP contribution is -2.33. The average molecular weight is 511 g/mol. The quantitative estimate of drug-likeness (QED) is 0.301. The van der Waals surface area contributed by atoms with Crippen LogP contribution in [0.4, 0.5) is 0 Å². The van der Waals surface area contributed by atoms with Crippen molar-refractivity contribution in [3.05, 3.63) is 94.7 Å². The lowest BCUT2D eigenvalue weighted by Gasteiger charge is -2.31. The van der Waals surface area contributed by atoms with E-state index in [1.807, 2.05) is 45.3 Å². The molecule has 5 rings (SSSR count). The Labute approximate surface area is 226 Å². The van der Waals surface area contributed by atoms with Crippen molar-refractivity contribution in [1.82, 2.24) is 15.4 Å². The number of piperidine rings is 1. The molecule has 38 heavy (non-hydrogen) atoms. The maximum Gasteiger partial charge on any atom is 0.173 e. The molecule has 6 heteroatoms. The number of fused-ring (bicyclic) bond motifs is 1. The van der Waals surface area contributed by atoms with E-state index in [0.29, 0.717) is 12.2 Å². The fourth-order valence-electron chi connectivity index (χ4n) is 5.01. The van der Waals surface area contributed by atoms with E-state index < -0.39 is 0 Å². The van der Waals surface area contributed by atoms with Crippen LogP contribution in [-0.4, -0.2) is 37.2 Å². The predicted molar refractivity (Wildman–Crippen MR) is 152 cm³/mol. The minimum absolute atomic E-state index is 0.409. The summed E-state index contributed by atoms with van der Waals surface area (Å²) in [5.74, 6) is 1.52. The van der Waals surface area contributed by atoms with Gasteiger partial charge in [-0.25, -0.2) is 0 Å². The summed E-state index contributed by atoms with van der Waals surface area (Å²) in [6, 6.07) is 24.5. The highest BCUT2D eigenvalue weighted by Crippen LogP contribution is 2.32. The van der Waals surface area contributed by atoms with Gasteiger partial charge in [0, 0.05) is 17.5 Å². The topological polar surface area (TPSA) is 74.3 Å². The van der Waals surface area contributed by atoms with Gasteiger partial charge in [-0.05, 0) is 101 Å². The first-order chi connectivity index (χ1) is 18.6. The first kappa shape index (κ1) is 27.4. The van der Waals surface area contributed by atoms with Crippen LogP contribution in [-0.2, 0) is 19.6 Å². The molecule has 0 spiro atoms. The van der Waals surface area contributed by atoms with Crippen molar-refractivity contribution < 1.29 is 9.26 Å². The third kappa shape index (κ3) is 7.22. The van der Waals surface area contributed by atoms with Gasteiger partial charge in [-0.1, -0.05) is 47.6 Å². The van der Waals surface area contributed by atoms with Crippen molar-refractivity contribution in [3.63, 3.8) is 0 Å². The zero-order valence-electron chi connectivity index (χ0n) is 22.7. The van der Waals surface area contributed by atoms with Gasteiger partial charge in [0.2, 0.25) is 0 Å². The molecule has 198 valence electrons. The van der Waals surface area contributed by atoms with Gasteiger partial charge in [0.15, 0.2) is 5.58 Å². The normalized spacial score (nSPS) is 14.1. The van der Waals surface area contributed by atoms with E-state index in [9.17, 15) is 0 Å². The molecule has 3 aromatic carbocycles. The highest BCUT2D eigenvalue weighted by Gasteiger charge is 2.21. The van der Waals surface area contributed by atoms with Crippen LogP contribution in [0.15, 0.2) is 71.3 Å². The lowest BCUT2D eigenvalue weighted by molar-refractivity contribution is 0.172. The van der Waals surface area contributed by atoms with Crippen LogP contribution in [0.1, 0.15) is 47.2 Å². The Morgan fingerprint density at radius 2 is 1.76 bits per heavy atom. The molecule has 0 radical (unpaired) electrons. The van der Waals surface area contributed by atoms with Crippen LogP contribution in [0.3, 0.4) is 0 Å².